The maximum atomic E-state index is 13.4. The molecule has 0 unspecified atom stereocenters. The Morgan fingerprint density at radius 2 is 1.86 bits per heavy atom. The number of nitrogens with zero attached hydrogens (tertiary/aromatic N) is 2. The average Bonchev–Trinajstić information content (AvgIpc) is 2.41. The third kappa shape index (κ3) is 3.59. The zero-order valence-electron chi connectivity index (χ0n) is 11.1. The maximum absolute atomic E-state index is 13.4. The fourth-order valence-corrected chi connectivity index (χ4v) is 1.49. The number of halogens is 4. The van der Waals surface area contributed by atoms with Crippen molar-refractivity contribution in [2.75, 3.05) is 12.4 Å². The number of anilines is 1. The van der Waals surface area contributed by atoms with Crippen molar-refractivity contribution in [1.82, 2.24) is 9.97 Å². The van der Waals surface area contributed by atoms with E-state index in [2.05, 4.69) is 15.3 Å². The van der Waals surface area contributed by atoms with E-state index in [4.69, 9.17) is 4.74 Å². The summed E-state index contributed by atoms with van der Waals surface area (Å²) in [5, 5.41) is 2.48. The molecule has 0 atom stereocenters. The molecule has 1 aromatic carbocycles. The van der Waals surface area contributed by atoms with Crippen molar-refractivity contribution in [2.45, 2.75) is 13.1 Å². The quantitative estimate of drug-likeness (QED) is 0.877. The Morgan fingerprint density at radius 3 is 2.43 bits per heavy atom. The lowest BCUT2D eigenvalue weighted by molar-refractivity contribution is -0.145. The number of aryl methyl sites for hydroxylation is 1. The van der Waals surface area contributed by atoms with E-state index in [0.717, 1.165) is 6.07 Å². The Labute approximate surface area is 117 Å². The number of alkyl halides is 3. The maximum Gasteiger partial charge on any atom is 0.451 e. The molecule has 2 aromatic rings. The van der Waals surface area contributed by atoms with E-state index in [9.17, 15) is 17.6 Å². The molecular formula is C13H11F4N3O. The second-order valence-electron chi connectivity index (χ2n) is 4.18. The topological polar surface area (TPSA) is 47.0 Å². The highest BCUT2D eigenvalue weighted by molar-refractivity contribution is 5.40. The van der Waals surface area contributed by atoms with Gasteiger partial charge in [-0.1, -0.05) is 6.07 Å². The van der Waals surface area contributed by atoms with E-state index >= 15 is 0 Å². The Hall–Kier alpha value is -2.38. The van der Waals surface area contributed by atoms with Crippen molar-refractivity contribution in [2.24, 2.45) is 0 Å². The largest absolute Gasteiger partial charge is 0.451 e. The van der Waals surface area contributed by atoms with Crippen LogP contribution in [0.5, 0.6) is 11.6 Å². The average molecular weight is 301 g/mol. The molecule has 0 amide bonds. The third-order valence-electron chi connectivity index (χ3n) is 2.58. The van der Waals surface area contributed by atoms with Crippen LogP contribution in [0.15, 0.2) is 24.3 Å². The number of rotatable bonds is 3. The van der Waals surface area contributed by atoms with Gasteiger partial charge >= 0.3 is 6.18 Å². The van der Waals surface area contributed by atoms with Crippen LogP contribution in [0.1, 0.15) is 11.4 Å². The van der Waals surface area contributed by atoms with Crippen LogP contribution in [0.4, 0.5) is 23.4 Å². The van der Waals surface area contributed by atoms with Gasteiger partial charge in [-0.15, -0.1) is 0 Å². The Kier molecular flexibility index (Phi) is 3.97. The molecule has 0 saturated heterocycles. The number of benzene rings is 1. The summed E-state index contributed by atoms with van der Waals surface area (Å²) in [7, 11) is 1.41. The molecule has 0 bridgehead atoms. The van der Waals surface area contributed by atoms with Gasteiger partial charge < -0.3 is 10.1 Å². The number of hydrogen-bond acceptors (Lipinski definition) is 4. The number of ether oxygens (including phenoxy) is 1. The van der Waals surface area contributed by atoms with E-state index in [0.29, 0.717) is 5.56 Å². The minimum atomic E-state index is -4.70. The monoisotopic (exact) mass is 301 g/mol. The van der Waals surface area contributed by atoms with Crippen LogP contribution in [0, 0.1) is 12.7 Å². The van der Waals surface area contributed by atoms with E-state index in [1.54, 1.807) is 6.92 Å². The highest BCUT2D eigenvalue weighted by atomic mass is 19.4. The standard InChI is InChI=1S/C13H11F4N3O/c1-7-3-4-8(5-9(7)14)21-11-6-10(18-2)19-12(20-11)13(15,16)17/h3-6H,1-2H3,(H,18,19,20). The predicted molar refractivity (Wildman–Crippen MR) is 67.8 cm³/mol. The molecule has 4 nitrogen and oxygen atoms in total. The van der Waals surface area contributed by atoms with Gasteiger partial charge in [0.05, 0.1) is 0 Å². The number of hydrogen-bond donors (Lipinski definition) is 1. The van der Waals surface area contributed by atoms with E-state index in [-0.39, 0.29) is 17.4 Å². The summed E-state index contributed by atoms with van der Waals surface area (Å²) in [5.74, 6) is -2.19. The first kappa shape index (κ1) is 15.0. The summed E-state index contributed by atoms with van der Waals surface area (Å²) in [6, 6.07) is 5.15. The SMILES string of the molecule is CNc1cc(Oc2ccc(C)c(F)c2)nc(C(F)(F)F)n1. The zero-order chi connectivity index (χ0) is 15.6. The molecule has 0 aliphatic heterocycles. The van der Waals surface area contributed by atoms with Crippen molar-refractivity contribution >= 4 is 5.82 Å². The molecule has 2 rings (SSSR count). The molecule has 0 radical (unpaired) electrons. The Bertz CT molecular complexity index is 658. The smallest absolute Gasteiger partial charge is 0.439 e. The van der Waals surface area contributed by atoms with Crippen molar-refractivity contribution in [3.05, 3.63) is 41.5 Å². The Morgan fingerprint density at radius 1 is 1.14 bits per heavy atom. The molecule has 0 fully saturated rings. The normalized spacial score (nSPS) is 11.3. The van der Waals surface area contributed by atoms with Crippen LogP contribution in [-0.2, 0) is 6.18 Å². The predicted octanol–water partition coefficient (Wildman–Crippen LogP) is 3.78. The van der Waals surface area contributed by atoms with Crippen LogP contribution in [-0.4, -0.2) is 17.0 Å². The van der Waals surface area contributed by atoms with Crippen LogP contribution >= 0.6 is 0 Å². The zero-order valence-corrected chi connectivity index (χ0v) is 11.1. The lowest BCUT2D eigenvalue weighted by atomic mass is 10.2. The van der Waals surface area contributed by atoms with Crippen molar-refractivity contribution in [1.29, 1.82) is 0 Å². The van der Waals surface area contributed by atoms with Gasteiger partial charge in [0, 0.05) is 19.2 Å². The lowest BCUT2D eigenvalue weighted by Gasteiger charge is -2.11. The molecule has 0 saturated carbocycles. The minimum absolute atomic E-state index is 0.0481. The van der Waals surface area contributed by atoms with Gasteiger partial charge in [0.2, 0.25) is 11.7 Å². The van der Waals surface area contributed by atoms with Gasteiger partial charge in [0.1, 0.15) is 17.4 Å². The fourth-order valence-electron chi connectivity index (χ4n) is 1.49. The molecule has 0 aliphatic carbocycles. The number of aromatic nitrogens is 2. The second kappa shape index (κ2) is 5.55. The summed E-state index contributed by atoms with van der Waals surface area (Å²) in [5.41, 5.74) is 0.400. The van der Waals surface area contributed by atoms with Gasteiger partial charge in [0.15, 0.2) is 0 Å². The second-order valence-corrected chi connectivity index (χ2v) is 4.18. The molecule has 8 heteroatoms. The molecule has 1 aromatic heterocycles. The van der Waals surface area contributed by atoms with Gasteiger partial charge in [-0.05, 0) is 18.6 Å². The summed E-state index contributed by atoms with van der Waals surface area (Å²) in [6.45, 7) is 1.56. The third-order valence-corrected chi connectivity index (χ3v) is 2.58. The fraction of sp³-hybridized carbons (Fsp3) is 0.231. The lowest BCUT2D eigenvalue weighted by Crippen LogP contribution is -2.12. The van der Waals surface area contributed by atoms with Crippen molar-refractivity contribution in [3.8, 4) is 11.6 Å². The van der Waals surface area contributed by atoms with Crippen molar-refractivity contribution < 1.29 is 22.3 Å². The van der Waals surface area contributed by atoms with Gasteiger partial charge in [0.25, 0.3) is 0 Å². The summed E-state index contributed by atoms with van der Waals surface area (Å²) < 4.78 is 56.6. The van der Waals surface area contributed by atoms with Gasteiger partial charge in [-0.2, -0.15) is 18.2 Å². The van der Waals surface area contributed by atoms with Crippen LogP contribution in [0.25, 0.3) is 0 Å². The molecule has 0 spiro atoms. The van der Waals surface area contributed by atoms with Crippen LogP contribution < -0.4 is 10.1 Å². The van der Waals surface area contributed by atoms with Gasteiger partial charge in [-0.3, -0.25) is 0 Å². The van der Waals surface area contributed by atoms with Crippen molar-refractivity contribution in [3.63, 3.8) is 0 Å². The first-order valence-electron chi connectivity index (χ1n) is 5.87. The summed E-state index contributed by atoms with van der Waals surface area (Å²) in [4.78, 5) is 6.57. The highest BCUT2D eigenvalue weighted by Gasteiger charge is 2.35. The van der Waals surface area contributed by atoms with E-state index in [1.807, 2.05) is 0 Å². The molecule has 1 N–H and O–H groups in total. The van der Waals surface area contributed by atoms with Gasteiger partial charge in [-0.25, -0.2) is 9.37 Å². The number of nitrogens with one attached hydrogen (secondary N) is 1. The molecular weight excluding hydrogens is 290 g/mol. The summed E-state index contributed by atoms with van der Waals surface area (Å²) in [6.07, 6.45) is -4.70. The first-order valence-corrected chi connectivity index (χ1v) is 5.87. The van der Waals surface area contributed by atoms with E-state index in [1.165, 1.54) is 25.2 Å². The first-order chi connectivity index (χ1) is 9.79. The molecule has 0 aliphatic rings. The van der Waals surface area contributed by atoms with Crippen LogP contribution in [0.3, 0.4) is 0 Å². The highest BCUT2D eigenvalue weighted by Crippen LogP contribution is 2.30. The molecule has 21 heavy (non-hydrogen) atoms. The minimum Gasteiger partial charge on any atom is -0.439 e. The van der Waals surface area contributed by atoms with Crippen LogP contribution in [0.2, 0.25) is 0 Å². The summed E-state index contributed by atoms with van der Waals surface area (Å²) >= 11 is 0. The van der Waals surface area contributed by atoms with E-state index < -0.39 is 17.8 Å². The molecule has 112 valence electrons. The molecule has 1 heterocycles. The Balaban J connectivity index is 2.36.